The fraction of sp³-hybridized carbons (Fsp3) is 0.556. The molecule has 1 aliphatic rings. The lowest BCUT2D eigenvalue weighted by Gasteiger charge is -2.38. The van der Waals surface area contributed by atoms with E-state index in [1.165, 1.54) is 18.2 Å². The molecule has 0 saturated heterocycles. The molecule has 0 bridgehead atoms. The zero-order valence-electron chi connectivity index (χ0n) is 15.0. The molecule has 26 heavy (non-hydrogen) atoms. The van der Waals surface area contributed by atoms with Gasteiger partial charge in [-0.05, 0) is 36.0 Å². The van der Waals surface area contributed by atoms with Crippen molar-refractivity contribution in [2.24, 2.45) is 11.3 Å². The number of ether oxygens (including phenoxy) is 1. The van der Waals surface area contributed by atoms with Crippen LogP contribution < -0.4 is 5.32 Å². The minimum absolute atomic E-state index is 0.0121. The summed E-state index contributed by atoms with van der Waals surface area (Å²) in [5, 5.41) is 12.4. The topological polar surface area (TPSA) is 75.6 Å². The summed E-state index contributed by atoms with van der Waals surface area (Å²) in [6.07, 6.45) is -5.92. The summed E-state index contributed by atoms with van der Waals surface area (Å²) in [6.45, 7) is 6.58. The maximum absolute atomic E-state index is 13.5. The number of cyclic esters (lactones) is 1. The Morgan fingerprint density at radius 3 is 2.46 bits per heavy atom. The van der Waals surface area contributed by atoms with Crippen molar-refractivity contribution in [2.75, 3.05) is 5.32 Å². The second-order valence-electron chi connectivity index (χ2n) is 7.58. The zero-order valence-corrected chi connectivity index (χ0v) is 15.0. The van der Waals surface area contributed by atoms with Gasteiger partial charge in [-0.25, -0.2) is 4.79 Å². The fourth-order valence-corrected chi connectivity index (χ4v) is 2.62. The number of aliphatic hydroxyl groups is 1. The van der Waals surface area contributed by atoms with Gasteiger partial charge in [0.2, 0.25) is 5.60 Å². The summed E-state index contributed by atoms with van der Waals surface area (Å²) >= 11 is 0. The third-order valence-corrected chi connectivity index (χ3v) is 5.06. The number of rotatable bonds is 5. The number of amides is 1. The number of anilines is 1. The van der Waals surface area contributed by atoms with Crippen molar-refractivity contribution in [3.8, 4) is 0 Å². The van der Waals surface area contributed by atoms with Crippen LogP contribution in [0.25, 0.3) is 0 Å². The number of hydrogen-bond donors (Lipinski definition) is 2. The Hall–Kier alpha value is -2.09. The average Bonchev–Trinajstić information content (AvgIpc) is 2.86. The largest absolute Gasteiger partial charge is 0.457 e. The van der Waals surface area contributed by atoms with E-state index in [2.05, 4.69) is 5.32 Å². The molecule has 1 atom stereocenters. The van der Waals surface area contributed by atoms with E-state index in [9.17, 15) is 27.9 Å². The van der Waals surface area contributed by atoms with Crippen LogP contribution in [0, 0.1) is 11.3 Å². The molecule has 144 valence electrons. The lowest BCUT2D eigenvalue weighted by atomic mass is 9.72. The van der Waals surface area contributed by atoms with Crippen LogP contribution in [0.1, 0.15) is 50.0 Å². The first-order valence-corrected chi connectivity index (χ1v) is 8.18. The standard InChI is InChI=1S/C18H22F3NO4/c1-10(2)16(3,4)9-17(25,18(19,20)21)15(24)22-12-5-6-13-11(7-12)8-26-14(13)23/h5-7,10,25H,8-9H2,1-4H3,(H,22,24). The van der Waals surface area contributed by atoms with Crippen LogP contribution in [0.4, 0.5) is 18.9 Å². The van der Waals surface area contributed by atoms with E-state index in [1.54, 1.807) is 27.7 Å². The van der Waals surface area contributed by atoms with E-state index < -0.39 is 35.5 Å². The second-order valence-corrected chi connectivity index (χ2v) is 7.58. The van der Waals surface area contributed by atoms with Crippen LogP contribution >= 0.6 is 0 Å². The SMILES string of the molecule is CC(C)C(C)(C)CC(O)(C(=O)Nc1ccc2c(c1)COC2=O)C(F)(F)F. The summed E-state index contributed by atoms with van der Waals surface area (Å²) in [6, 6.07) is 4.03. The molecule has 1 aromatic carbocycles. The van der Waals surface area contributed by atoms with Gasteiger partial charge in [0.25, 0.3) is 5.91 Å². The summed E-state index contributed by atoms with van der Waals surface area (Å²) in [4.78, 5) is 23.8. The van der Waals surface area contributed by atoms with E-state index in [0.717, 1.165) is 0 Å². The molecule has 1 aromatic rings. The van der Waals surface area contributed by atoms with Gasteiger partial charge in [-0.1, -0.05) is 27.7 Å². The molecule has 0 saturated carbocycles. The molecule has 2 rings (SSSR count). The number of alkyl halides is 3. The van der Waals surface area contributed by atoms with E-state index in [1.807, 2.05) is 0 Å². The van der Waals surface area contributed by atoms with E-state index in [4.69, 9.17) is 4.74 Å². The normalized spacial score (nSPS) is 16.9. The third kappa shape index (κ3) is 3.70. The Bertz CT molecular complexity index is 728. The van der Waals surface area contributed by atoms with Crippen molar-refractivity contribution in [2.45, 2.75) is 52.5 Å². The number of halogens is 3. The number of fused-ring (bicyclic) bond motifs is 1. The van der Waals surface area contributed by atoms with Crippen molar-refractivity contribution >= 4 is 17.6 Å². The minimum atomic E-state index is -5.14. The Labute approximate surface area is 149 Å². The van der Waals surface area contributed by atoms with E-state index >= 15 is 0 Å². The number of carbonyl (C=O) groups excluding carboxylic acids is 2. The maximum Gasteiger partial charge on any atom is 0.426 e. The highest BCUT2D eigenvalue weighted by molar-refractivity contribution is 5.99. The summed E-state index contributed by atoms with van der Waals surface area (Å²) in [5.41, 5.74) is -3.65. The van der Waals surface area contributed by atoms with Gasteiger partial charge >= 0.3 is 12.1 Å². The Kier molecular flexibility index (Phi) is 5.11. The van der Waals surface area contributed by atoms with Gasteiger partial charge < -0.3 is 15.2 Å². The summed E-state index contributed by atoms with van der Waals surface area (Å²) in [7, 11) is 0. The third-order valence-electron chi connectivity index (χ3n) is 5.06. The molecular formula is C18H22F3NO4. The first-order valence-electron chi connectivity index (χ1n) is 8.18. The molecule has 0 aliphatic carbocycles. The quantitative estimate of drug-likeness (QED) is 0.773. The number of esters is 1. The highest BCUT2D eigenvalue weighted by atomic mass is 19.4. The number of carbonyl (C=O) groups is 2. The van der Waals surface area contributed by atoms with Gasteiger partial charge in [0.1, 0.15) is 6.61 Å². The Morgan fingerprint density at radius 2 is 1.92 bits per heavy atom. The summed E-state index contributed by atoms with van der Waals surface area (Å²) in [5.74, 6) is -2.26. The van der Waals surface area contributed by atoms with E-state index in [-0.39, 0.29) is 18.2 Å². The molecule has 1 amide bonds. The molecule has 0 aromatic heterocycles. The fourth-order valence-electron chi connectivity index (χ4n) is 2.62. The van der Waals surface area contributed by atoms with Gasteiger partial charge in [0.05, 0.1) is 5.56 Å². The molecule has 8 heteroatoms. The predicted octanol–water partition coefficient (Wildman–Crippen LogP) is 3.66. The molecule has 5 nitrogen and oxygen atoms in total. The predicted molar refractivity (Wildman–Crippen MR) is 88.4 cm³/mol. The highest BCUT2D eigenvalue weighted by Crippen LogP contribution is 2.43. The number of benzene rings is 1. The van der Waals surface area contributed by atoms with Crippen molar-refractivity contribution in [3.63, 3.8) is 0 Å². The Balaban J connectivity index is 2.29. The average molecular weight is 373 g/mol. The van der Waals surface area contributed by atoms with Crippen molar-refractivity contribution < 1.29 is 32.6 Å². The molecule has 0 fully saturated rings. The lowest BCUT2D eigenvalue weighted by Crippen LogP contribution is -2.57. The molecule has 1 heterocycles. The monoisotopic (exact) mass is 373 g/mol. The molecule has 0 spiro atoms. The highest BCUT2D eigenvalue weighted by Gasteiger charge is 2.61. The van der Waals surface area contributed by atoms with Gasteiger partial charge in [-0.3, -0.25) is 4.79 Å². The lowest BCUT2D eigenvalue weighted by molar-refractivity contribution is -0.258. The second kappa shape index (κ2) is 6.57. The zero-order chi connectivity index (χ0) is 19.9. The van der Waals surface area contributed by atoms with Gasteiger partial charge in [-0.15, -0.1) is 0 Å². The first-order chi connectivity index (χ1) is 11.8. The van der Waals surface area contributed by atoms with Crippen LogP contribution in [-0.2, 0) is 16.1 Å². The van der Waals surface area contributed by atoms with Crippen LogP contribution in [0.5, 0.6) is 0 Å². The van der Waals surface area contributed by atoms with Crippen LogP contribution in [0.3, 0.4) is 0 Å². The van der Waals surface area contributed by atoms with E-state index in [0.29, 0.717) is 11.1 Å². The molecule has 1 aliphatic heterocycles. The van der Waals surface area contributed by atoms with Gasteiger partial charge in [0.15, 0.2) is 0 Å². The Morgan fingerprint density at radius 1 is 1.31 bits per heavy atom. The molecular weight excluding hydrogens is 351 g/mol. The smallest absolute Gasteiger partial charge is 0.426 e. The molecule has 2 N–H and O–H groups in total. The van der Waals surface area contributed by atoms with Crippen molar-refractivity contribution in [1.82, 2.24) is 0 Å². The summed E-state index contributed by atoms with van der Waals surface area (Å²) < 4.78 is 45.5. The molecule has 0 radical (unpaired) electrons. The van der Waals surface area contributed by atoms with Gasteiger partial charge in [0, 0.05) is 11.3 Å². The van der Waals surface area contributed by atoms with Crippen LogP contribution in [0.15, 0.2) is 18.2 Å². The number of nitrogens with one attached hydrogen (secondary N) is 1. The van der Waals surface area contributed by atoms with Gasteiger partial charge in [-0.2, -0.15) is 13.2 Å². The maximum atomic E-state index is 13.5. The first kappa shape index (κ1) is 20.2. The minimum Gasteiger partial charge on any atom is -0.457 e. The van der Waals surface area contributed by atoms with Crippen molar-refractivity contribution in [3.05, 3.63) is 29.3 Å². The van der Waals surface area contributed by atoms with Crippen LogP contribution in [-0.4, -0.2) is 28.8 Å². The number of hydrogen-bond acceptors (Lipinski definition) is 4. The van der Waals surface area contributed by atoms with Crippen LogP contribution in [0.2, 0.25) is 0 Å². The van der Waals surface area contributed by atoms with Crippen molar-refractivity contribution in [1.29, 1.82) is 0 Å². The molecule has 1 unspecified atom stereocenters.